The van der Waals surface area contributed by atoms with Gasteiger partial charge in [-0.1, -0.05) is 0 Å². The number of hydrogen-bond acceptors (Lipinski definition) is 4. The van der Waals surface area contributed by atoms with Crippen LogP contribution in [0.5, 0.6) is 0 Å². The van der Waals surface area contributed by atoms with Gasteiger partial charge in [-0.05, 0) is 18.2 Å². The fraction of sp³-hybridized carbons (Fsp3) is 0.0909. The largest absolute Gasteiger partial charge is 0.447 e. The van der Waals surface area contributed by atoms with Gasteiger partial charge in [-0.3, -0.25) is 5.10 Å². The third-order valence-electron chi connectivity index (χ3n) is 2.39. The van der Waals surface area contributed by atoms with E-state index in [4.69, 9.17) is 4.42 Å². The van der Waals surface area contributed by atoms with E-state index in [0.717, 1.165) is 22.4 Å². The molecule has 3 aromatic rings. The normalized spacial score (nSPS) is 10.8. The highest BCUT2D eigenvalue weighted by molar-refractivity contribution is 5.81. The van der Waals surface area contributed by atoms with E-state index in [1.807, 2.05) is 18.2 Å². The molecular weight excluding hydrogens is 204 g/mol. The number of aromatic amines is 1. The van der Waals surface area contributed by atoms with Crippen molar-refractivity contribution in [1.82, 2.24) is 15.2 Å². The van der Waals surface area contributed by atoms with Crippen LogP contribution in [-0.2, 0) is 6.54 Å². The van der Waals surface area contributed by atoms with Crippen molar-refractivity contribution >= 4 is 16.6 Å². The maximum absolute atomic E-state index is 5.13. The Bertz CT molecular complexity index is 585. The lowest BCUT2D eigenvalue weighted by Crippen LogP contribution is -1.97. The van der Waals surface area contributed by atoms with Crippen LogP contribution in [0.3, 0.4) is 0 Å². The molecule has 1 aromatic carbocycles. The zero-order chi connectivity index (χ0) is 10.8. The Labute approximate surface area is 91.5 Å². The van der Waals surface area contributed by atoms with E-state index >= 15 is 0 Å². The van der Waals surface area contributed by atoms with Gasteiger partial charge in [-0.2, -0.15) is 5.10 Å². The van der Waals surface area contributed by atoms with Gasteiger partial charge in [-0.25, -0.2) is 4.98 Å². The number of oxazole rings is 1. The molecule has 0 amide bonds. The number of hydrogen-bond donors (Lipinski definition) is 2. The molecule has 0 spiro atoms. The second-order valence-corrected chi connectivity index (χ2v) is 3.49. The SMILES string of the molecule is c1ncc(CNc2ccc3cn[nH]c3c2)o1. The topological polar surface area (TPSA) is 66.7 Å². The van der Waals surface area contributed by atoms with Crippen molar-refractivity contribution in [2.75, 3.05) is 5.32 Å². The van der Waals surface area contributed by atoms with Crippen LogP contribution in [0.1, 0.15) is 5.76 Å². The molecule has 16 heavy (non-hydrogen) atoms. The van der Waals surface area contributed by atoms with E-state index in [2.05, 4.69) is 20.5 Å². The summed E-state index contributed by atoms with van der Waals surface area (Å²) < 4.78 is 5.13. The van der Waals surface area contributed by atoms with Crippen molar-refractivity contribution < 1.29 is 4.42 Å². The Morgan fingerprint density at radius 1 is 1.31 bits per heavy atom. The van der Waals surface area contributed by atoms with Gasteiger partial charge in [0.1, 0.15) is 5.76 Å². The van der Waals surface area contributed by atoms with E-state index in [1.165, 1.54) is 6.39 Å². The van der Waals surface area contributed by atoms with Crippen molar-refractivity contribution in [3.8, 4) is 0 Å². The highest BCUT2D eigenvalue weighted by Gasteiger charge is 1.99. The molecular formula is C11H10N4O. The Balaban J connectivity index is 1.78. The molecule has 80 valence electrons. The van der Waals surface area contributed by atoms with Crippen molar-refractivity contribution in [3.63, 3.8) is 0 Å². The van der Waals surface area contributed by atoms with Crippen LogP contribution in [0.2, 0.25) is 0 Å². The first-order chi connectivity index (χ1) is 7.92. The van der Waals surface area contributed by atoms with Crippen LogP contribution < -0.4 is 5.32 Å². The maximum atomic E-state index is 5.13. The number of nitrogens with one attached hydrogen (secondary N) is 2. The van der Waals surface area contributed by atoms with E-state index in [9.17, 15) is 0 Å². The lowest BCUT2D eigenvalue weighted by molar-refractivity contribution is 0.512. The second-order valence-electron chi connectivity index (χ2n) is 3.49. The average molecular weight is 214 g/mol. The Hall–Kier alpha value is -2.30. The quantitative estimate of drug-likeness (QED) is 0.701. The number of aromatic nitrogens is 3. The highest BCUT2D eigenvalue weighted by Crippen LogP contribution is 2.17. The predicted octanol–water partition coefficient (Wildman–Crippen LogP) is 2.16. The first kappa shape index (κ1) is 8.96. The third-order valence-corrected chi connectivity index (χ3v) is 2.39. The molecule has 0 fully saturated rings. The van der Waals surface area contributed by atoms with E-state index in [1.54, 1.807) is 12.4 Å². The fourth-order valence-corrected chi connectivity index (χ4v) is 1.57. The molecule has 0 saturated heterocycles. The summed E-state index contributed by atoms with van der Waals surface area (Å²) in [6, 6.07) is 6.04. The Morgan fingerprint density at radius 3 is 3.19 bits per heavy atom. The van der Waals surface area contributed by atoms with Crippen molar-refractivity contribution in [1.29, 1.82) is 0 Å². The molecule has 3 rings (SSSR count). The van der Waals surface area contributed by atoms with Gasteiger partial charge in [0.25, 0.3) is 0 Å². The minimum absolute atomic E-state index is 0.625. The first-order valence-corrected chi connectivity index (χ1v) is 4.96. The third kappa shape index (κ3) is 1.63. The average Bonchev–Trinajstić information content (AvgIpc) is 2.97. The molecule has 0 radical (unpaired) electrons. The van der Waals surface area contributed by atoms with Crippen molar-refractivity contribution in [2.24, 2.45) is 0 Å². The molecule has 2 N–H and O–H groups in total. The number of fused-ring (bicyclic) bond motifs is 1. The zero-order valence-corrected chi connectivity index (χ0v) is 8.47. The van der Waals surface area contributed by atoms with E-state index in [-0.39, 0.29) is 0 Å². The summed E-state index contributed by atoms with van der Waals surface area (Å²) in [6.07, 6.45) is 4.92. The number of anilines is 1. The standard InChI is InChI=1S/C11H10N4O/c1-2-9(3-11-8(1)4-14-15-11)13-6-10-5-12-7-16-10/h1-5,7,13H,6H2,(H,14,15). The summed E-state index contributed by atoms with van der Waals surface area (Å²) in [5, 5.41) is 11.2. The monoisotopic (exact) mass is 214 g/mol. The van der Waals surface area contributed by atoms with Crippen LogP contribution in [0.15, 0.2) is 41.4 Å². The smallest absolute Gasteiger partial charge is 0.180 e. The molecule has 5 nitrogen and oxygen atoms in total. The van der Waals surface area contributed by atoms with E-state index < -0.39 is 0 Å². The first-order valence-electron chi connectivity index (χ1n) is 4.96. The molecule has 0 saturated carbocycles. The predicted molar refractivity (Wildman–Crippen MR) is 59.9 cm³/mol. The molecule has 0 aliphatic carbocycles. The van der Waals surface area contributed by atoms with Gasteiger partial charge in [0.15, 0.2) is 6.39 Å². The van der Waals surface area contributed by atoms with Gasteiger partial charge in [-0.15, -0.1) is 0 Å². The minimum atomic E-state index is 0.625. The van der Waals surface area contributed by atoms with Crippen LogP contribution in [0.25, 0.3) is 10.9 Å². The van der Waals surface area contributed by atoms with E-state index in [0.29, 0.717) is 6.54 Å². The summed E-state index contributed by atoms with van der Waals surface area (Å²) in [5.41, 5.74) is 2.04. The molecule has 2 heterocycles. The number of H-pyrrole nitrogens is 1. The fourth-order valence-electron chi connectivity index (χ4n) is 1.57. The van der Waals surface area contributed by atoms with Gasteiger partial charge >= 0.3 is 0 Å². The van der Waals surface area contributed by atoms with Crippen molar-refractivity contribution in [3.05, 3.63) is 42.7 Å². The number of rotatable bonds is 3. The Morgan fingerprint density at radius 2 is 2.31 bits per heavy atom. The second kappa shape index (κ2) is 3.69. The number of nitrogens with zero attached hydrogens (tertiary/aromatic N) is 2. The molecule has 5 heteroatoms. The molecule has 0 aliphatic heterocycles. The van der Waals surface area contributed by atoms with Crippen LogP contribution in [0, 0.1) is 0 Å². The zero-order valence-electron chi connectivity index (χ0n) is 8.47. The molecule has 0 unspecified atom stereocenters. The lowest BCUT2D eigenvalue weighted by Gasteiger charge is -2.03. The summed E-state index contributed by atoms with van der Waals surface area (Å²) in [4.78, 5) is 3.85. The van der Waals surface area contributed by atoms with Crippen LogP contribution in [-0.4, -0.2) is 15.2 Å². The minimum Gasteiger partial charge on any atom is -0.447 e. The van der Waals surface area contributed by atoms with Crippen LogP contribution >= 0.6 is 0 Å². The molecule has 0 bridgehead atoms. The number of benzene rings is 1. The highest BCUT2D eigenvalue weighted by atomic mass is 16.3. The van der Waals surface area contributed by atoms with Gasteiger partial charge in [0.2, 0.25) is 0 Å². The van der Waals surface area contributed by atoms with Crippen molar-refractivity contribution in [2.45, 2.75) is 6.54 Å². The maximum Gasteiger partial charge on any atom is 0.180 e. The van der Waals surface area contributed by atoms with Crippen LogP contribution in [0.4, 0.5) is 5.69 Å². The Kier molecular flexibility index (Phi) is 2.07. The van der Waals surface area contributed by atoms with Gasteiger partial charge < -0.3 is 9.73 Å². The summed E-state index contributed by atoms with van der Waals surface area (Å²) in [7, 11) is 0. The van der Waals surface area contributed by atoms with Gasteiger partial charge in [0, 0.05) is 11.1 Å². The molecule has 2 aromatic heterocycles. The molecule has 0 aliphatic rings. The molecule has 0 atom stereocenters. The lowest BCUT2D eigenvalue weighted by atomic mass is 10.2. The summed E-state index contributed by atoms with van der Waals surface area (Å²) >= 11 is 0. The van der Waals surface area contributed by atoms with Gasteiger partial charge in [0.05, 0.1) is 24.5 Å². The summed E-state index contributed by atoms with van der Waals surface area (Å²) in [5.74, 6) is 0.810. The summed E-state index contributed by atoms with van der Waals surface area (Å²) in [6.45, 7) is 0.625.